The zero-order valence-corrected chi connectivity index (χ0v) is 17.2. The molecule has 1 aromatic heterocycles. The number of hydrogen-bond donors (Lipinski definition) is 0. The zero-order valence-electron chi connectivity index (χ0n) is 16.4. The highest BCUT2D eigenvalue weighted by molar-refractivity contribution is 7.16. The van der Waals surface area contributed by atoms with Crippen molar-refractivity contribution in [3.05, 3.63) is 76.2 Å². The standard InChI is InChI=1S/C23H17FO6S/c1-2-27-16-7-3-14(4-8-16)19-11-18(12-20-22(19)30-23(26)31-20)29-21(25)13-28-17-9-5-15(24)6-10-17/h3-12H,2,13H2,1H3. The molecule has 0 aliphatic heterocycles. The number of esters is 1. The topological polar surface area (TPSA) is 75.0 Å². The van der Waals surface area contributed by atoms with Gasteiger partial charge in [0.25, 0.3) is 0 Å². The minimum absolute atomic E-state index is 0.251. The van der Waals surface area contributed by atoms with E-state index in [4.69, 9.17) is 18.6 Å². The van der Waals surface area contributed by atoms with Crippen LogP contribution in [0.3, 0.4) is 0 Å². The fraction of sp³-hybridized carbons (Fsp3) is 0.130. The Morgan fingerprint density at radius 2 is 1.65 bits per heavy atom. The van der Waals surface area contributed by atoms with Gasteiger partial charge in [-0.25, -0.2) is 14.0 Å². The molecule has 0 amide bonds. The maximum atomic E-state index is 13.0. The van der Waals surface area contributed by atoms with Crippen molar-refractivity contribution in [1.29, 1.82) is 0 Å². The highest BCUT2D eigenvalue weighted by atomic mass is 32.1. The summed E-state index contributed by atoms with van der Waals surface area (Å²) < 4.78 is 35.0. The van der Waals surface area contributed by atoms with Crippen molar-refractivity contribution in [3.8, 4) is 28.4 Å². The summed E-state index contributed by atoms with van der Waals surface area (Å²) in [6.07, 6.45) is 0. The molecule has 3 aromatic carbocycles. The normalized spacial score (nSPS) is 10.8. The summed E-state index contributed by atoms with van der Waals surface area (Å²) in [4.78, 5) is 23.6. The third-order valence-electron chi connectivity index (χ3n) is 4.29. The minimum Gasteiger partial charge on any atom is -0.494 e. The molecule has 0 aliphatic rings. The largest absolute Gasteiger partial charge is 0.494 e. The van der Waals surface area contributed by atoms with Crippen LogP contribution in [0.4, 0.5) is 4.39 Å². The lowest BCUT2D eigenvalue weighted by atomic mass is 10.0. The van der Waals surface area contributed by atoms with Gasteiger partial charge in [0.05, 0.1) is 11.3 Å². The highest BCUT2D eigenvalue weighted by Crippen LogP contribution is 2.35. The van der Waals surface area contributed by atoms with Crippen LogP contribution in [0.15, 0.2) is 69.9 Å². The number of hydrogen-bond acceptors (Lipinski definition) is 7. The number of rotatable bonds is 7. The number of fused-ring (bicyclic) bond motifs is 1. The lowest BCUT2D eigenvalue weighted by molar-refractivity contribution is -0.136. The van der Waals surface area contributed by atoms with E-state index in [0.717, 1.165) is 22.6 Å². The van der Waals surface area contributed by atoms with E-state index in [1.807, 2.05) is 31.2 Å². The van der Waals surface area contributed by atoms with E-state index in [1.165, 1.54) is 24.3 Å². The summed E-state index contributed by atoms with van der Waals surface area (Å²) in [5.41, 5.74) is 1.80. The molecule has 0 unspecified atom stereocenters. The van der Waals surface area contributed by atoms with Gasteiger partial charge in [-0.2, -0.15) is 0 Å². The van der Waals surface area contributed by atoms with Crippen LogP contribution in [0, 0.1) is 5.82 Å². The molecule has 0 spiro atoms. The molecule has 0 fully saturated rings. The second-order valence-corrected chi connectivity index (χ2v) is 7.40. The minimum atomic E-state index is -0.642. The molecule has 0 saturated heterocycles. The molecule has 31 heavy (non-hydrogen) atoms. The third kappa shape index (κ3) is 4.92. The average molecular weight is 440 g/mol. The van der Waals surface area contributed by atoms with E-state index in [9.17, 15) is 14.0 Å². The number of benzene rings is 3. The van der Waals surface area contributed by atoms with Gasteiger partial charge in [-0.15, -0.1) is 0 Å². The van der Waals surface area contributed by atoms with E-state index in [2.05, 4.69) is 0 Å². The van der Waals surface area contributed by atoms with Crippen LogP contribution in [0.5, 0.6) is 17.2 Å². The Morgan fingerprint density at radius 1 is 0.968 bits per heavy atom. The van der Waals surface area contributed by atoms with Crippen molar-refractivity contribution >= 4 is 27.6 Å². The number of carbonyl (C=O) groups is 1. The summed E-state index contributed by atoms with van der Waals surface area (Å²) in [5.74, 6) is 0.272. The Bertz CT molecular complexity index is 1260. The lowest BCUT2D eigenvalue weighted by Gasteiger charge is -2.09. The fourth-order valence-electron chi connectivity index (χ4n) is 2.96. The Labute approximate surface area is 180 Å². The van der Waals surface area contributed by atoms with Gasteiger partial charge in [-0.05, 0) is 55.0 Å². The van der Waals surface area contributed by atoms with Crippen molar-refractivity contribution in [1.82, 2.24) is 0 Å². The van der Waals surface area contributed by atoms with Crippen molar-refractivity contribution < 1.29 is 27.8 Å². The second kappa shape index (κ2) is 9.01. The molecule has 0 N–H and O–H groups in total. The number of halogens is 1. The predicted molar refractivity (Wildman–Crippen MR) is 114 cm³/mol. The Kier molecular flexibility index (Phi) is 5.99. The molecule has 0 aliphatic carbocycles. The SMILES string of the molecule is CCOc1ccc(-c2cc(OC(=O)COc3ccc(F)cc3)cc3sc(=O)oc23)cc1. The van der Waals surface area contributed by atoms with Gasteiger partial charge in [0.15, 0.2) is 12.2 Å². The van der Waals surface area contributed by atoms with E-state index in [1.54, 1.807) is 12.1 Å². The van der Waals surface area contributed by atoms with Gasteiger partial charge in [-0.3, -0.25) is 0 Å². The number of carbonyl (C=O) groups excluding carboxylic acids is 1. The third-order valence-corrected chi connectivity index (χ3v) is 5.06. The fourth-order valence-corrected chi connectivity index (χ4v) is 3.68. The summed E-state index contributed by atoms with van der Waals surface area (Å²) in [7, 11) is 0. The molecule has 0 saturated carbocycles. The van der Waals surface area contributed by atoms with Crippen molar-refractivity contribution in [2.45, 2.75) is 6.92 Å². The molecule has 6 nitrogen and oxygen atoms in total. The maximum absolute atomic E-state index is 13.0. The Hall–Kier alpha value is -3.65. The van der Waals surface area contributed by atoms with Crippen LogP contribution in [0.1, 0.15) is 6.92 Å². The molecule has 0 radical (unpaired) electrons. The molecular formula is C23H17FO6S. The Balaban J connectivity index is 1.57. The van der Waals surface area contributed by atoms with Crippen LogP contribution in [-0.4, -0.2) is 19.2 Å². The monoisotopic (exact) mass is 440 g/mol. The molecular weight excluding hydrogens is 423 g/mol. The van der Waals surface area contributed by atoms with E-state index >= 15 is 0 Å². The van der Waals surface area contributed by atoms with Gasteiger partial charge < -0.3 is 18.6 Å². The van der Waals surface area contributed by atoms with Crippen molar-refractivity contribution in [2.75, 3.05) is 13.2 Å². The Morgan fingerprint density at radius 3 is 2.35 bits per heavy atom. The van der Waals surface area contributed by atoms with Crippen LogP contribution in [0.25, 0.3) is 21.4 Å². The molecule has 8 heteroatoms. The van der Waals surface area contributed by atoms with Gasteiger partial charge in [0, 0.05) is 11.6 Å². The lowest BCUT2D eigenvalue weighted by Crippen LogP contribution is -2.17. The summed E-state index contributed by atoms with van der Waals surface area (Å²) in [5, 5.41) is 0. The van der Waals surface area contributed by atoms with Gasteiger partial charge in [0.2, 0.25) is 0 Å². The first-order chi connectivity index (χ1) is 15.0. The second-order valence-electron chi connectivity index (χ2n) is 6.43. The van der Waals surface area contributed by atoms with E-state index in [-0.39, 0.29) is 12.4 Å². The predicted octanol–water partition coefficient (Wildman–Crippen LogP) is 5.04. The summed E-state index contributed by atoms with van der Waals surface area (Å²) in [6.45, 7) is 2.09. The van der Waals surface area contributed by atoms with Gasteiger partial charge in [-0.1, -0.05) is 23.5 Å². The molecule has 0 atom stereocenters. The van der Waals surface area contributed by atoms with Gasteiger partial charge >= 0.3 is 10.9 Å². The molecule has 4 aromatic rings. The van der Waals surface area contributed by atoms with Crippen molar-refractivity contribution in [3.63, 3.8) is 0 Å². The average Bonchev–Trinajstić information content (AvgIpc) is 3.14. The van der Waals surface area contributed by atoms with Crippen LogP contribution < -0.4 is 19.1 Å². The van der Waals surface area contributed by atoms with E-state index < -0.39 is 16.7 Å². The van der Waals surface area contributed by atoms with Crippen LogP contribution >= 0.6 is 11.3 Å². The first-order valence-corrected chi connectivity index (χ1v) is 10.2. The molecule has 1 heterocycles. The molecule has 0 bridgehead atoms. The maximum Gasteiger partial charge on any atom is 0.396 e. The van der Waals surface area contributed by atoms with Gasteiger partial charge in [0.1, 0.15) is 23.1 Å². The van der Waals surface area contributed by atoms with Crippen LogP contribution in [0.2, 0.25) is 0 Å². The van der Waals surface area contributed by atoms with Crippen LogP contribution in [-0.2, 0) is 4.79 Å². The number of ether oxygens (including phenoxy) is 3. The zero-order chi connectivity index (χ0) is 21.8. The summed E-state index contributed by atoms with van der Waals surface area (Å²) >= 11 is 0.920. The van der Waals surface area contributed by atoms with E-state index in [0.29, 0.717) is 28.2 Å². The highest BCUT2D eigenvalue weighted by Gasteiger charge is 2.15. The first kappa shape index (κ1) is 20.6. The molecule has 158 valence electrons. The smallest absolute Gasteiger partial charge is 0.396 e. The molecule has 4 rings (SSSR count). The van der Waals surface area contributed by atoms with Crippen molar-refractivity contribution in [2.24, 2.45) is 0 Å². The summed E-state index contributed by atoms with van der Waals surface area (Å²) in [6, 6.07) is 15.8. The quantitative estimate of drug-likeness (QED) is 0.296. The first-order valence-electron chi connectivity index (χ1n) is 9.42.